The predicted octanol–water partition coefficient (Wildman–Crippen LogP) is 5.74. The van der Waals surface area contributed by atoms with E-state index in [1.54, 1.807) is 42.5 Å². The van der Waals surface area contributed by atoms with Crippen LogP contribution in [0.3, 0.4) is 0 Å². The van der Waals surface area contributed by atoms with Gasteiger partial charge < -0.3 is 0 Å². The number of carbonyl (C=O) groups is 2. The van der Waals surface area contributed by atoms with Gasteiger partial charge in [-0.05, 0) is 60.0 Å². The minimum atomic E-state index is -4.49. The van der Waals surface area contributed by atoms with E-state index in [1.165, 1.54) is 18.2 Å². The first-order valence-corrected chi connectivity index (χ1v) is 9.19. The van der Waals surface area contributed by atoms with Gasteiger partial charge in [-0.3, -0.25) is 9.59 Å². The van der Waals surface area contributed by atoms with Crippen molar-refractivity contribution < 1.29 is 22.8 Å². The highest BCUT2D eigenvalue weighted by Gasteiger charge is 2.36. The first kappa shape index (κ1) is 19.6. The summed E-state index contributed by atoms with van der Waals surface area (Å²) in [6.07, 6.45) is -3.10. The number of hydrogen-bond donors (Lipinski definition) is 0. The van der Waals surface area contributed by atoms with Gasteiger partial charge in [0.05, 0.1) is 11.3 Å². The van der Waals surface area contributed by atoms with E-state index in [0.717, 1.165) is 22.6 Å². The first-order valence-electron chi connectivity index (χ1n) is 9.19. The number of nitrogens with zero attached hydrogens (tertiary/aromatic N) is 1. The maximum absolute atomic E-state index is 13.3. The van der Waals surface area contributed by atoms with E-state index in [4.69, 9.17) is 0 Å². The molecule has 150 valence electrons. The summed E-state index contributed by atoms with van der Waals surface area (Å²) in [5.41, 5.74) is 1.57. The molecule has 3 nitrogen and oxygen atoms in total. The average Bonchev–Trinajstić information content (AvgIpc) is 2.71. The zero-order chi connectivity index (χ0) is 21.5. The number of imide groups is 1. The van der Waals surface area contributed by atoms with Crippen molar-refractivity contribution in [3.8, 4) is 0 Å². The van der Waals surface area contributed by atoms with Gasteiger partial charge in [-0.25, -0.2) is 4.90 Å². The van der Waals surface area contributed by atoms with Crippen LogP contribution in [0.25, 0.3) is 11.6 Å². The van der Waals surface area contributed by atoms with Crippen LogP contribution in [-0.2, 0) is 11.0 Å². The van der Waals surface area contributed by atoms with Gasteiger partial charge >= 0.3 is 6.18 Å². The maximum atomic E-state index is 13.3. The zero-order valence-electron chi connectivity index (χ0n) is 15.9. The standard InChI is InChI=1S/C24H16F3NO2/c1-15-6-4-9-18(12-15)28-22(29)20-11-3-2-10-19(20)21(23(28)30)14-16-7-5-8-17(13-16)24(25,26)27/h2-14H,1H3/b21-14-. The Bertz CT molecular complexity index is 1190. The summed E-state index contributed by atoms with van der Waals surface area (Å²) in [5.74, 6) is -1.05. The lowest BCUT2D eigenvalue weighted by Gasteiger charge is -2.29. The third-order valence-corrected chi connectivity index (χ3v) is 4.87. The average molecular weight is 407 g/mol. The highest BCUT2D eigenvalue weighted by molar-refractivity contribution is 6.43. The van der Waals surface area contributed by atoms with E-state index in [1.807, 2.05) is 13.0 Å². The molecule has 1 heterocycles. The van der Waals surface area contributed by atoms with Crippen molar-refractivity contribution in [3.63, 3.8) is 0 Å². The molecular formula is C24H16F3NO2. The van der Waals surface area contributed by atoms with Crippen LogP contribution in [0.1, 0.15) is 32.6 Å². The number of fused-ring (bicyclic) bond motifs is 1. The van der Waals surface area contributed by atoms with Crippen molar-refractivity contribution in [1.29, 1.82) is 0 Å². The molecule has 30 heavy (non-hydrogen) atoms. The molecule has 1 aliphatic rings. The van der Waals surface area contributed by atoms with E-state index in [0.29, 0.717) is 16.8 Å². The normalized spacial score (nSPS) is 15.5. The number of alkyl halides is 3. The number of aryl methyl sites for hydroxylation is 1. The van der Waals surface area contributed by atoms with E-state index in [-0.39, 0.29) is 11.1 Å². The molecule has 0 aromatic heterocycles. The molecule has 0 radical (unpaired) electrons. The molecule has 0 aliphatic carbocycles. The second-order valence-corrected chi connectivity index (χ2v) is 7.01. The quantitative estimate of drug-likeness (QED) is 0.401. The third kappa shape index (κ3) is 3.52. The molecule has 6 heteroatoms. The largest absolute Gasteiger partial charge is 0.416 e. The van der Waals surface area contributed by atoms with Gasteiger partial charge in [0.2, 0.25) is 0 Å². The van der Waals surface area contributed by atoms with Gasteiger partial charge in [0.15, 0.2) is 0 Å². The Labute approximate surface area is 171 Å². The van der Waals surface area contributed by atoms with Crippen molar-refractivity contribution in [3.05, 3.63) is 101 Å². The Morgan fingerprint density at radius 2 is 1.50 bits per heavy atom. The summed E-state index contributed by atoms with van der Waals surface area (Å²) < 4.78 is 39.3. The number of amides is 2. The molecule has 2 amide bonds. The van der Waals surface area contributed by atoms with E-state index in [2.05, 4.69) is 0 Å². The number of halogens is 3. The molecule has 0 unspecified atom stereocenters. The van der Waals surface area contributed by atoms with Crippen LogP contribution < -0.4 is 4.90 Å². The minimum Gasteiger partial charge on any atom is -0.268 e. The lowest BCUT2D eigenvalue weighted by atomic mass is 9.91. The van der Waals surface area contributed by atoms with Gasteiger partial charge in [-0.2, -0.15) is 13.2 Å². The third-order valence-electron chi connectivity index (χ3n) is 4.87. The van der Waals surface area contributed by atoms with Crippen LogP contribution in [0.2, 0.25) is 0 Å². The molecule has 0 N–H and O–H groups in total. The van der Waals surface area contributed by atoms with Gasteiger partial charge in [0.1, 0.15) is 0 Å². The number of rotatable bonds is 2. The minimum absolute atomic E-state index is 0.158. The summed E-state index contributed by atoms with van der Waals surface area (Å²) in [7, 11) is 0. The first-order chi connectivity index (χ1) is 14.3. The highest BCUT2D eigenvalue weighted by atomic mass is 19.4. The Balaban J connectivity index is 1.89. The molecule has 4 rings (SSSR count). The second kappa shape index (κ2) is 7.30. The summed E-state index contributed by atoms with van der Waals surface area (Å²) in [5, 5.41) is 0. The number of carbonyl (C=O) groups excluding carboxylic acids is 2. The molecule has 0 bridgehead atoms. The lowest BCUT2D eigenvalue weighted by Crippen LogP contribution is -2.41. The van der Waals surface area contributed by atoms with Crippen LogP contribution in [0.15, 0.2) is 72.8 Å². The van der Waals surface area contributed by atoms with Gasteiger partial charge in [0.25, 0.3) is 11.8 Å². The number of hydrogen-bond acceptors (Lipinski definition) is 2. The van der Waals surface area contributed by atoms with Gasteiger partial charge in [0, 0.05) is 11.1 Å². The molecular weight excluding hydrogens is 391 g/mol. The zero-order valence-corrected chi connectivity index (χ0v) is 15.9. The summed E-state index contributed by atoms with van der Waals surface area (Å²) in [6.45, 7) is 1.84. The Hall–Kier alpha value is -3.67. The molecule has 3 aromatic rings. The van der Waals surface area contributed by atoms with Crippen molar-refractivity contribution in [2.24, 2.45) is 0 Å². The molecule has 0 atom stereocenters. The smallest absolute Gasteiger partial charge is 0.268 e. The predicted molar refractivity (Wildman–Crippen MR) is 109 cm³/mol. The lowest BCUT2D eigenvalue weighted by molar-refractivity contribution is -0.137. The van der Waals surface area contributed by atoms with Crippen molar-refractivity contribution in [2.45, 2.75) is 13.1 Å². The molecule has 1 aliphatic heterocycles. The summed E-state index contributed by atoms with van der Waals surface area (Å²) >= 11 is 0. The molecule has 0 spiro atoms. The van der Waals surface area contributed by atoms with Crippen LogP contribution in [-0.4, -0.2) is 11.8 Å². The fourth-order valence-electron chi connectivity index (χ4n) is 3.47. The second-order valence-electron chi connectivity index (χ2n) is 7.01. The van der Waals surface area contributed by atoms with Crippen LogP contribution in [0.5, 0.6) is 0 Å². The number of anilines is 1. The molecule has 3 aromatic carbocycles. The summed E-state index contributed by atoms with van der Waals surface area (Å²) in [6, 6.07) is 18.3. The van der Waals surface area contributed by atoms with Crippen LogP contribution >= 0.6 is 0 Å². The Kier molecular flexibility index (Phi) is 4.78. The molecule has 0 saturated carbocycles. The van der Waals surface area contributed by atoms with Gasteiger partial charge in [-0.1, -0.05) is 42.5 Å². The maximum Gasteiger partial charge on any atom is 0.416 e. The molecule has 0 saturated heterocycles. The Morgan fingerprint density at radius 1 is 0.800 bits per heavy atom. The topological polar surface area (TPSA) is 37.4 Å². The highest BCUT2D eigenvalue weighted by Crippen LogP contribution is 2.35. The van der Waals surface area contributed by atoms with E-state index in [9.17, 15) is 22.8 Å². The van der Waals surface area contributed by atoms with Crippen molar-refractivity contribution in [2.75, 3.05) is 4.90 Å². The fraction of sp³-hybridized carbons (Fsp3) is 0.0833. The van der Waals surface area contributed by atoms with Crippen LogP contribution in [0.4, 0.5) is 18.9 Å². The van der Waals surface area contributed by atoms with E-state index < -0.39 is 23.6 Å². The summed E-state index contributed by atoms with van der Waals surface area (Å²) in [4.78, 5) is 27.4. The Morgan fingerprint density at radius 3 is 2.20 bits per heavy atom. The fourth-order valence-corrected chi connectivity index (χ4v) is 3.47. The molecule has 0 fully saturated rings. The number of benzene rings is 3. The van der Waals surface area contributed by atoms with Crippen LogP contribution in [0, 0.1) is 6.92 Å². The SMILES string of the molecule is Cc1cccc(N2C(=O)/C(=C\c3cccc(C(F)(F)F)c3)c3ccccc3C2=O)c1. The monoisotopic (exact) mass is 407 g/mol. The van der Waals surface area contributed by atoms with Crippen molar-refractivity contribution in [1.82, 2.24) is 0 Å². The van der Waals surface area contributed by atoms with Gasteiger partial charge in [-0.15, -0.1) is 0 Å². The van der Waals surface area contributed by atoms with E-state index >= 15 is 0 Å². The van der Waals surface area contributed by atoms with Crippen molar-refractivity contribution >= 4 is 29.2 Å².